The van der Waals surface area contributed by atoms with Crippen molar-refractivity contribution in [2.45, 2.75) is 25.4 Å². The van der Waals surface area contributed by atoms with E-state index in [0.29, 0.717) is 19.3 Å². The number of rotatable bonds is 4. The Balaban J connectivity index is 0.000000423. The van der Waals surface area contributed by atoms with Crippen LogP contribution in [0.3, 0.4) is 0 Å². The Morgan fingerprint density at radius 3 is 2.13 bits per heavy atom. The summed E-state index contributed by atoms with van der Waals surface area (Å²) in [6.07, 6.45) is 1.76. The van der Waals surface area contributed by atoms with Crippen molar-refractivity contribution in [2.75, 3.05) is 6.54 Å². The van der Waals surface area contributed by atoms with E-state index in [-0.39, 0.29) is 24.2 Å². The van der Waals surface area contributed by atoms with Gasteiger partial charge in [0.2, 0.25) is 11.8 Å². The van der Waals surface area contributed by atoms with Crippen molar-refractivity contribution in [1.82, 2.24) is 9.88 Å². The van der Waals surface area contributed by atoms with Crippen molar-refractivity contribution < 1.29 is 37.1 Å². The first kappa shape index (κ1) is 23.7. The summed E-state index contributed by atoms with van der Waals surface area (Å²) in [4.78, 5) is 38.0. The lowest BCUT2D eigenvalue weighted by atomic mass is 10.1. The van der Waals surface area contributed by atoms with Gasteiger partial charge in [-0.25, -0.2) is 9.18 Å². The van der Waals surface area contributed by atoms with E-state index >= 15 is 0 Å². The van der Waals surface area contributed by atoms with Gasteiger partial charge >= 0.3 is 12.1 Å². The predicted molar refractivity (Wildman–Crippen MR) is 103 cm³/mol. The van der Waals surface area contributed by atoms with Crippen LogP contribution < -0.4 is 0 Å². The molecule has 1 N–H and O–H groups in total. The van der Waals surface area contributed by atoms with E-state index < -0.39 is 12.1 Å². The van der Waals surface area contributed by atoms with Crippen molar-refractivity contribution in [2.24, 2.45) is 0 Å². The standard InChI is InChI=1S/C19H17FN2O2.C2HF3O2/c20-16-9-7-15(8-10-16)17-11-6-14(13-21-17)3-2-12-22-18(23)4-1-5-19(22)24;3-2(4,5)1(6)7/h2-3,6-11,13H,1,4-5,12H2;(H,6,7)/b3-2+;. The van der Waals surface area contributed by atoms with Crippen LogP contribution in [0.2, 0.25) is 0 Å². The maximum absolute atomic E-state index is 12.9. The number of aromatic nitrogens is 1. The summed E-state index contributed by atoms with van der Waals surface area (Å²) in [5.74, 6) is -3.26. The van der Waals surface area contributed by atoms with Crippen LogP contribution in [0.1, 0.15) is 24.8 Å². The molecule has 164 valence electrons. The molecule has 2 aromatic rings. The fraction of sp³-hybridized carbons (Fsp3) is 0.238. The van der Waals surface area contributed by atoms with E-state index in [4.69, 9.17) is 9.90 Å². The Hall–Kier alpha value is -3.56. The molecule has 6 nitrogen and oxygen atoms in total. The third kappa shape index (κ3) is 7.32. The second-order valence-electron chi connectivity index (χ2n) is 6.44. The van der Waals surface area contributed by atoms with Crippen molar-refractivity contribution in [3.8, 4) is 11.3 Å². The topological polar surface area (TPSA) is 87.6 Å². The van der Waals surface area contributed by atoms with Crippen molar-refractivity contribution in [3.63, 3.8) is 0 Å². The van der Waals surface area contributed by atoms with Gasteiger partial charge in [0.25, 0.3) is 0 Å². The van der Waals surface area contributed by atoms with Crippen LogP contribution >= 0.6 is 0 Å². The maximum Gasteiger partial charge on any atom is 0.490 e. The van der Waals surface area contributed by atoms with Gasteiger partial charge in [0.15, 0.2) is 0 Å². The number of pyridine rings is 1. The first-order valence-corrected chi connectivity index (χ1v) is 9.10. The Bertz CT molecular complexity index is 939. The third-order valence-electron chi connectivity index (χ3n) is 4.15. The van der Waals surface area contributed by atoms with E-state index in [2.05, 4.69) is 4.98 Å². The molecule has 1 aromatic heterocycles. The van der Waals surface area contributed by atoms with E-state index in [9.17, 15) is 27.2 Å². The minimum absolute atomic E-state index is 0.110. The number of piperidine rings is 1. The van der Waals surface area contributed by atoms with Gasteiger partial charge in [0, 0.05) is 31.1 Å². The first-order chi connectivity index (χ1) is 14.6. The van der Waals surface area contributed by atoms with E-state index in [1.807, 2.05) is 18.2 Å². The molecule has 1 saturated heterocycles. The molecular weight excluding hydrogens is 420 g/mol. The molecule has 2 amide bonds. The van der Waals surface area contributed by atoms with Gasteiger partial charge in [-0.2, -0.15) is 13.2 Å². The molecule has 1 fully saturated rings. The molecule has 0 aliphatic carbocycles. The lowest BCUT2D eigenvalue weighted by Crippen LogP contribution is -2.39. The van der Waals surface area contributed by atoms with Crippen LogP contribution in [0, 0.1) is 5.82 Å². The average Bonchev–Trinajstić information content (AvgIpc) is 2.71. The van der Waals surface area contributed by atoms with E-state index in [1.54, 1.807) is 24.4 Å². The number of aliphatic carboxylic acids is 1. The number of imide groups is 1. The van der Waals surface area contributed by atoms with Crippen molar-refractivity contribution in [1.29, 1.82) is 0 Å². The van der Waals surface area contributed by atoms with Crippen molar-refractivity contribution in [3.05, 3.63) is 60.1 Å². The molecule has 0 atom stereocenters. The fourth-order valence-corrected chi connectivity index (χ4v) is 2.59. The highest BCUT2D eigenvalue weighted by molar-refractivity contribution is 5.97. The number of carbonyl (C=O) groups is 3. The Morgan fingerprint density at radius 2 is 1.65 bits per heavy atom. The molecule has 10 heteroatoms. The molecule has 3 rings (SSSR count). The summed E-state index contributed by atoms with van der Waals surface area (Å²) >= 11 is 0. The average molecular weight is 438 g/mol. The number of likely N-dealkylation sites (tertiary alicyclic amines) is 1. The lowest BCUT2D eigenvalue weighted by molar-refractivity contribution is -0.192. The van der Waals surface area contributed by atoms with Crippen molar-refractivity contribution >= 4 is 23.9 Å². The number of halogens is 4. The number of alkyl halides is 3. The van der Waals surface area contributed by atoms with Gasteiger partial charge in [-0.15, -0.1) is 0 Å². The minimum Gasteiger partial charge on any atom is -0.475 e. The number of nitrogens with zero attached hydrogens (tertiary/aromatic N) is 2. The number of hydrogen-bond acceptors (Lipinski definition) is 4. The molecule has 0 bridgehead atoms. The van der Waals surface area contributed by atoms with Crippen LogP contribution in [0.4, 0.5) is 17.6 Å². The van der Waals surface area contributed by atoms with Gasteiger partial charge in [0.05, 0.1) is 5.69 Å². The number of amides is 2. The first-order valence-electron chi connectivity index (χ1n) is 9.10. The zero-order chi connectivity index (χ0) is 23.0. The zero-order valence-electron chi connectivity index (χ0n) is 16.1. The van der Waals surface area contributed by atoms with Gasteiger partial charge in [-0.3, -0.25) is 19.5 Å². The van der Waals surface area contributed by atoms with Crippen LogP contribution in [-0.2, 0) is 14.4 Å². The maximum atomic E-state index is 12.9. The second kappa shape index (κ2) is 10.5. The van der Waals surface area contributed by atoms with Gasteiger partial charge in [0.1, 0.15) is 5.82 Å². The summed E-state index contributed by atoms with van der Waals surface area (Å²) in [6, 6.07) is 9.91. The minimum atomic E-state index is -5.08. The quantitative estimate of drug-likeness (QED) is 0.574. The Labute approximate surface area is 174 Å². The van der Waals surface area contributed by atoms with Crippen LogP contribution in [0.15, 0.2) is 48.7 Å². The predicted octanol–water partition coefficient (Wildman–Crippen LogP) is 4.07. The fourth-order valence-electron chi connectivity index (χ4n) is 2.59. The van der Waals surface area contributed by atoms with Gasteiger partial charge < -0.3 is 5.11 Å². The van der Waals surface area contributed by atoms with Crippen LogP contribution in [-0.4, -0.2) is 45.5 Å². The molecule has 31 heavy (non-hydrogen) atoms. The SMILES string of the molecule is O=C(O)C(F)(F)F.O=C1CCCC(=O)N1C/C=C/c1ccc(-c2ccc(F)cc2)nc1. The monoisotopic (exact) mass is 438 g/mol. The lowest BCUT2D eigenvalue weighted by Gasteiger charge is -2.23. The van der Waals surface area contributed by atoms with E-state index in [1.165, 1.54) is 17.0 Å². The summed E-state index contributed by atoms with van der Waals surface area (Å²) in [7, 11) is 0. The zero-order valence-corrected chi connectivity index (χ0v) is 16.1. The molecule has 0 radical (unpaired) electrons. The second-order valence-corrected chi connectivity index (χ2v) is 6.44. The van der Waals surface area contributed by atoms with Gasteiger partial charge in [-0.1, -0.05) is 18.2 Å². The van der Waals surface area contributed by atoms with Gasteiger partial charge in [-0.05, 0) is 42.3 Å². The van der Waals surface area contributed by atoms with E-state index in [0.717, 1.165) is 16.8 Å². The molecule has 0 spiro atoms. The number of carbonyl (C=O) groups excluding carboxylic acids is 2. The summed E-state index contributed by atoms with van der Waals surface area (Å²) < 4.78 is 44.7. The largest absolute Gasteiger partial charge is 0.490 e. The molecule has 0 unspecified atom stereocenters. The molecule has 1 aliphatic rings. The molecule has 2 heterocycles. The smallest absolute Gasteiger partial charge is 0.475 e. The highest BCUT2D eigenvalue weighted by Crippen LogP contribution is 2.18. The Kier molecular flexibility index (Phi) is 8.00. The number of carboxylic acid groups (broad SMARTS) is 1. The normalized spacial score (nSPS) is 14.4. The number of hydrogen-bond donors (Lipinski definition) is 1. The highest BCUT2D eigenvalue weighted by Gasteiger charge is 2.38. The number of benzene rings is 1. The summed E-state index contributed by atoms with van der Waals surface area (Å²) in [5.41, 5.74) is 2.47. The molecule has 1 aromatic carbocycles. The third-order valence-corrected chi connectivity index (χ3v) is 4.15. The molecule has 1 aliphatic heterocycles. The Morgan fingerprint density at radius 1 is 1.06 bits per heavy atom. The highest BCUT2D eigenvalue weighted by atomic mass is 19.4. The molecule has 0 saturated carbocycles. The summed E-state index contributed by atoms with van der Waals surface area (Å²) in [5, 5.41) is 7.12. The van der Waals surface area contributed by atoms with Crippen LogP contribution in [0.25, 0.3) is 17.3 Å². The van der Waals surface area contributed by atoms with Crippen LogP contribution in [0.5, 0.6) is 0 Å². The summed E-state index contributed by atoms with van der Waals surface area (Å²) in [6.45, 7) is 0.289. The number of carboxylic acids is 1. The molecular formula is C21H18F4N2O4.